The molecule has 0 radical (unpaired) electrons. The summed E-state index contributed by atoms with van der Waals surface area (Å²) in [5, 5.41) is 8.88. The third-order valence-electron chi connectivity index (χ3n) is 2.18. The summed E-state index contributed by atoms with van der Waals surface area (Å²) in [4.78, 5) is 8.49. The fourth-order valence-corrected chi connectivity index (χ4v) is 1.51. The zero-order valence-corrected chi connectivity index (χ0v) is 7.94. The topological polar surface area (TPSA) is 77.0 Å². The number of aromatic nitrogens is 3. The Hall–Kier alpha value is -1.62. The highest BCUT2D eigenvalue weighted by Crippen LogP contribution is 2.18. The number of aliphatic hydroxyl groups is 1. The lowest BCUT2D eigenvalue weighted by molar-refractivity contribution is 0.276. The van der Waals surface area contributed by atoms with Gasteiger partial charge < -0.3 is 15.4 Å². The van der Waals surface area contributed by atoms with Crippen LogP contribution in [-0.4, -0.2) is 26.2 Å². The summed E-state index contributed by atoms with van der Waals surface area (Å²) < 4.78 is 1.85. The molecule has 0 aliphatic rings. The summed E-state index contributed by atoms with van der Waals surface area (Å²) in [7, 11) is 0. The minimum atomic E-state index is 0.0722. The monoisotopic (exact) mass is 192 g/mol. The molecule has 2 heterocycles. The van der Waals surface area contributed by atoms with Gasteiger partial charge >= 0.3 is 0 Å². The molecule has 0 spiro atoms. The Morgan fingerprint density at radius 3 is 3.07 bits per heavy atom. The molecule has 0 unspecified atom stereocenters. The number of imidazole rings is 1. The Morgan fingerprint density at radius 2 is 2.36 bits per heavy atom. The number of hydrogen-bond donors (Lipinski definition) is 2. The van der Waals surface area contributed by atoms with E-state index in [-0.39, 0.29) is 6.61 Å². The van der Waals surface area contributed by atoms with E-state index in [0.717, 1.165) is 11.5 Å². The predicted octanol–water partition coefficient (Wildman–Crippen LogP) is 0.314. The van der Waals surface area contributed by atoms with Gasteiger partial charge in [-0.1, -0.05) is 0 Å². The Bertz CT molecular complexity index is 463. The van der Waals surface area contributed by atoms with Crippen LogP contribution in [0.1, 0.15) is 5.82 Å². The second-order valence-corrected chi connectivity index (χ2v) is 3.11. The number of nitrogens with two attached hydrogens (primary N) is 1. The van der Waals surface area contributed by atoms with E-state index in [1.54, 1.807) is 12.3 Å². The first-order valence-electron chi connectivity index (χ1n) is 4.42. The first kappa shape index (κ1) is 8.96. The van der Waals surface area contributed by atoms with Gasteiger partial charge in [0.05, 0.1) is 12.3 Å². The summed E-state index contributed by atoms with van der Waals surface area (Å²) in [6, 6.07) is 1.72. The smallest absolute Gasteiger partial charge is 0.162 e. The molecule has 0 atom stereocenters. The average Bonchev–Trinajstić information content (AvgIpc) is 2.47. The lowest BCUT2D eigenvalue weighted by Crippen LogP contribution is -2.04. The van der Waals surface area contributed by atoms with Crippen LogP contribution in [0.3, 0.4) is 0 Å². The highest BCUT2D eigenvalue weighted by atomic mass is 16.3. The van der Waals surface area contributed by atoms with Crippen LogP contribution >= 0.6 is 0 Å². The van der Waals surface area contributed by atoms with E-state index in [1.165, 1.54) is 0 Å². The maximum atomic E-state index is 8.88. The second kappa shape index (κ2) is 3.26. The van der Waals surface area contributed by atoms with Crippen LogP contribution in [0.25, 0.3) is 11.2 Å². The van der Waals surface area contributed by atoms with E-state index in [9.17, 15) is 0 Å². The molecule has 0 aliphatic carbocycles. The van der Waals surface area contributed by atoms with Gasteiger partial charge in [-0.3, -0.25) is 0 Å². The fourth-order valence-electron chi connectivity index (χ4n) is 1.51. The zero-order chi connectivity index (χ0) is 10.1. The summed E-state index contributed by atoms with van der Waals surface area (Å²) in [6.07, 6.45) is 1.65. The fraction of sp³-hybridized carbons (Fsp3) is 0.333. The average molecular weight is 192 g/mol. The SMILES string of the molecule is Cc1nc2c(N)ccnc2n1CCO. The molecule has 0 saturated heterocycles. The van der Waals surface area contributed by atoms with Gasteiger partial charge in [-0.15, -0.1) is 0 Å². The van der Waals surface area contributed by atoms with Crippen molar-refractivity contribution in [2.75, 3.05) is 12.3 Å². The highest BCUT2D eigenvalue weighted by molar-refractivity contribution is 5.84. The number of nitrogen functional groups attached to an aromatic ring is 1. The molecule has 3 N–H and O–H groups in total. The van der Waals surface area contributed by atoms with Crippen LogP contribution < -0.4 is 5.73 Å². The van der Waals surface area contributed by atoms with Gasteiger partial charge in [0.2, 0.25) is 0 Å². The number of fused-ring (bicyclic) bond motifs is 1. The van der Waals surface area contributed by atoms with Crippen LogP contribution in [-0.2, 0) is 6.54 Å². The maximum absolute atomic E-state index is 8.88. The normalized spacial score (nSPS) is 11.0. The molecule has 14 heavy (non-hydrogen) atoms. The number of anilines is 1. The quantitative estimate of drug-likeness (QED) is 0.718. The minimum absolute atomic E-state index is 0.0722. The van der Waals surface area contributed by atoms with E-state index >= 15 is 0 Å². The molecule has 0 saturated carbocycles. The van der Waals surface area contributed by atoms with Gasteiger partial charge in [-0.05, 0) is 13.0 Å². The molecule has 5 nitrogen and oxygen atoms in total. The third-order valence-corrected chi connectivity index (χ3v) is 2.18. The summed E-state index contributed by atoms with van der Waals surface area (Å²) in [5.41, 5.74) is 7.82. The summed E-state index contributed by atoms with van der Waals surface area (Å²) in [5.74, 6) is 0.819. The van der Waals surface area contributed by atoms with E-state index in [0.29, 0.717) is 17.7 Å². The first-order valence-corrected chi connectivity index (χ1v) is 4.42. The van der Waals surface area contributed by atoms with Crippen molar-refractivity contribution in [3.63, 3.8) is 0 Å². The van der Waals surface area contributed by atoms with Gasteiger partial charge in [-0.25, -0.2) is 9.97 Å². The number of rotatable bonds is 2. The summed E-state index contributed by atoms with van der Waals surface area (Å²) >= 11 is 0. The lowest BCUT2D eigenvalue weighted by atomic mass is 10.4. The zero-order valence-electron chi connectivity index (χ0n) is 7.94. The van der Waals surface area contributed by atoms with Crippen LogP contribution in [0.5, 0.6) is 0 Å². The van der Waals surface area contributed by atoms with E-state index in [4.69, 9.17) is 10.8 Å². The molecule has 2 aromatic rings. The first-order chi connectivity index (χ1) is 6.74. The van der Waals surface area contributed by atoms with Crippen LogP contribution in [0.4, 0.5) is 5.69 Å². The third kappa shape index (κ3) is 1.22. The van der Waals surface area contributed by atoms with Crippen molar-refractivity contribution in [2.45, 2.75) is 13.5 Å². The molecular weight excluding hydrogens is 180 g/mol. The molecule has 74 valence electrons. The number of aryl methyl sites for hydroxylation is 1. The standard InChI is InChI=1S/C9H12N4O/c1-6-12-8-7(10)2-3-11-9(8)13(6)4-5-14/h2-3,14H,4-5H2,1H3,(H2,10,11). The molecule has 0 amide bonds. The van der Waals surface area contributed by atoms with Crippen molar-refractivity contribution < 1.29 is 5.11 Å². The Morgan fingerprint density at radius 1 is 1.57 bits per heavy atom. The number of nitrogens with zero attached hydrogens (tertiary/aromatic N) is 3. The predicted molar refractivity (Wildman–Crippen MR) is 53.8 cm³/mol. The van der Waals surface area contributed by atoms with E-state index in [1.807, 2.05) is 11.5 Å². The highest BCUT2D eigenvalue weighted by Gasteiger charge is 2.09. The maximum Gasteiger partial charge on any atom is 0.162 e. The Balaban J connectivity index is 2.70. The minimum Gasteiger partial charge on any atom is -0.397 e. The Kier molecular flexibility index (Phi) is 2.09. The Labute approximate surface area is 81.2 Å². The van der Waals surface area contributed by atoms with Gasteiger partial charge in [0.25, 0.3) is 0 Å². The van der Waals surface area contributed by atoms with Crippen molar-refractivity contribution in [3.05, 3.63) is 18.1 Å². The van der Waals surface area contributed by atoms with Crippen LogP contribution in [0.15, 0.2) is 12.3 Å². The molecule has 0 bridgehead atoms. The van der Waals surface area contributed by atoms with Crippen LogP contribution in [0.2, 0.25) is 0 Å². The molecular formula is C9H12N4O. The van der Waals surface area contributed by atoms with Gasteiger partial charge in [0.15, 0.2) is 5.65 Å². The molecule has 0 aliphatic heterocycles. The molecule has 5 heteroatoms. The second-order valence-electron chi connectivity index (χ2n) is 3.11. The summed E-state index contributed by atoms with van der Waals surface area (Å²) in [6.45, 7) is 2.44. The van der Waals surface area contributed by atoms with Crippen molar-refractivity contribution in [2.24, 2.45) is 0 Å². The molecule has 0 aromatic carbocycles. The van der Waals surface area contributed by atoms with Crippen molar-refractivity contribution in [1.29, 1.82) is 0 Å². The van der Waals surface area contributed by atoms with Crippen molar-refractivity contribution in [1.82, 2.24) is 14.5 Å². The molecule has 2 rings (SSSR count). The number of pyridine rings is 1. The van der Waals surface area contributed by atoms with E-state index in [2.05, 4.69) is 9.97 Å². The molecule has 0 fully saturated rings. The van der Waals surface area contributed by atoms with Gasteiger partial charge in [0.1, 0.15) is 11.3 Å². The van der Waals surface area contributed by atoms with Gasteiger partial charge in [0, 0.05) is 12.7 Å². The van der Waals surface area contributed by atoms with E-state index < -0.39 is 0 Å². The van der Waals surface area contributed by atoms with Gasteiger partial charge in [-0.2, -0.15) is 0 Å². The van der Waals surface area contributed by atoms with Crippen molar-refractivity contribution >= 4 is 16.9 Å². The lowest BCUT2D eigenvalue weighted by Gasteiger charge is -2.02. The van der Waals surface area contributed by atoms with Crippen LogP contribution in [0, 0.1) is 6.92 Å². The number of aliphatic hydroxyl groups excluding tert-OH is 1. The molecule has 2 aromatic heterocycles. The number of hydrogen-bond acceptors (Lipinski definition) is 4. The largest absolute Gasteiger partial charge is 0.397 e. The van der Waals surface area contributed by atoms with Crippen molar-refractivity contribution in [3.8, 4) is 0 Å².